The van der Waals surface area contributed by atoms with Crippen LogP contribution < -0.4 is 0 Å². The van der Waals surface area contributed by atoms with Crippen molar-refractivity contribution >= 4 is 33.8 Å². The van der Waals surface area contributed by atoms with Crippen molar-refractivity contribution in [2.75, 3.05) is 13.1 Å². The minimum absolute atomic E-state index is 0.360. The molecule has 2 N–H and O–H groups in total. The maximum atomic E-state index is 11.0. The van der Waals surface area contributed by atoms with Gasteiger partial charge in [0.2, 0.25) is 11.3 Å². The fraction of sp³-hybridized carbons (Fsp3) is 0.417. The average Bonchev–Trinajstić information content (AvgIpc) is 2.85. The lowest BCUT2D eigenvalue weighted by molar-refractivity contribution is 0.314. The van der Waals surface area contributed by atoms with Crippen molar-refractivity contribution in [2.45, 2.75) is 18.8 Å². The van der Waals surface area contributed by atoms with Crippen LogP contribution in [0.2, 0.25) is 5.02 Å². The first-order valence-electron chi connectivity index (χ1n) is 6.13. The molecule has 0 amide bonds. The fourth-order valence-electron chi connectivity index (χ4n) is 2.70. The number of halogens is 1. The molecular formula is C12H14ClN3O2S. The minimum atomic E-state index is -1.86. The van der Waals surface area contributed by atoms with E-state index in [1.54, 1.807) is 4.31 Å². The molecule has 1 aliphatic rings. The third kappa shape index (κ3) is 2.53. The zero-order chi connectivity index (χ0) is 13.4. The first kappa shape index (κ1) is 13.1. The summed E-state index contributed by atoms with van der Waals surface area (Å²) in [6.07, 6.45) is 3.53. The van der Waals surface area contributed by atoms with Crippen LogP contribution >= 0.6 is 11.6 Å². The molecular weight excluding hydrogens is 286 g/mol. The zero-order valence-corrected chi connectivity index (χ0v) is 11.7. The summed E-state index contributed by atoms with van der Waals surface area (Å²) in [4.78, 5) is 0. The number of nitrogens with one attached hydrogen (secondary N) is 1. The largest absolute Gasteiger partial charge is 0.294 e. The Hall–Kier alpha value is -0.950. The Balaban J connectivity index is 1.89. The van der Waals surface area contributed by atoms with Gasteiger partial charge in [0.05, 0.1) is 11.7 Å². The Morgan fingerprint density at radius 3 is 2.84 bits per heavy atom. The molecule has 1 aromatic heterocycles. The molecule has 1 atom stereocenters. The smallest absolute Gasteiger partial charge is 0.234 e. The van der Waals surface area contributed by atoms with Crippen molar-refractivity contribution in [3.63, 3.8) is 0 Å². The first-order valence-corrected chi connectivity index (χ1v) is 7.58. The number of H-pyrrole nitrogens is 1. The third-order valence-electron chi connectivity index (χ3n) is 3.67. The molecule has 0 saturated carbocycles. The molecule has 1 aliphatic heterocycles. The van der Waals surface area contributed by atoms with Crippen LogP contribution in [0.25, 0.3) is 10.9 Å². The summed E-state index contributed by atoms with van der Waals surface area (Å²) in [6.45, 7) is 1.25. The third-order valence-corrected chi connectivity index (χ3v) is 4.70. The van der Waals surface area contributed by atoms with Crippen molar-refractivity contribution in [2.24, 2.45) is 0 Å². The predicted octanol–water partition coefficient (Wildman–Crippen LogP) is 2.53. The summed E-state index contributed by atoms with van der Waals surface area (Å²) in [5.74, 6) is 0.360. The van der Waals surface area contributed by atoms with E-state index in [9.17, 15) is 4.21 Å². The van der Waals surface area contributed by atoms with E-state index in [1.165, 1.54) is 5.56 Å². The van der Waals surface area contributed by atoms with Gasteiger partial charge in [-0.15, -0.1) is 0 Å². The number of rotatable bonds is 2. The molecule has 102 valence electrons. The average molecular weight is 300 g/mol. The van der Waals surface area contributed by atoms with Crippen molar-refractivity contribution in [3.8, 4) is 0 Å². The first-order chi connectivity index (χ1) is 9.15. The minimum Gasteiger partial charge on any atom is -0.294 e. The van der Waals surface area contributed by atoms with E-state index in [2.05, 4.69) is 10.2 Å². The second-order valence-electron chi connectivity index (χ2n) is 4.76. The van der Waals surface area contributed by atoms with Crippen LogP contribution in [-0.4, -0.2) is 36.4 Å². The van der Waals surface area contributed by atoms with E-state index in [4.69, 9.17) is 16.2 Å². The molecule has 19 heavy (non-hydrogen) atoms. The van der Waals surface area contributed by atoms with Gasteiger partial charge in [0.25, 0.3) is 0 Å². The van der Waals surface area contributed by atoms with Gasteiger partial charge in [-0.05, 0) is 36.5 Å². The molecule has 5 nitrogen and oxygen atoms in total. The maximum absolute atomic E-state index is 11.0. The highest BCUT2D eigenvalue weighted by Gasteiger charge is 2.25. The summed E-state index contributed by atoms with van der Waals surface area (Å²) < 4.78 is 21.7. The Morgan fingerprint density at radius 2 is 2.16 bits per heavy atom. The van der Waals surface area contributed by atoms with Gasteiger partial charge in [-0.3, -0.25) is 9.65 Å². The molecule has 0 aliphatic carbocycles. The van der Waals surface area contributed by atoms with Crippen LogP contribution in [0.3, 0.4) is 0 Å². The molecule has 1 unspecified atom stereocenters. The van der Waals surface area contributed by atoms with Crippen molar-refractivity contribution in [1.29, 1.82) is 0 Å². The molecule has 1 aromatic carbocycles. The lowest BCUT2D eigenvalue weighted by Crippen LogP contribution is -2.34. The SMILES string of the molecule is O=S(O)N1CCC(c2cc(Cl)cc3[nH]ncc23)CC1. The van der Waals surface area contributed by atoms with Gasteiger partial charge < -0.3 is 0 Å². The number of aromatic amines is 1. The number of hydrogen-bond donors (Lipinski definition) is 2. The number of fused-ring (bicyclic) bond motifs is 1. The van der Waals surface area contributed by atoms with E-state index < -0.39 is 11.3 Å². The lowest BCUT2D eigenvalue weighted by atomic mass is 9.88. The Bertz CT molecular complexity index is 622. The molecule has 0 bridgehead atoms. The van der Waals surface area contributed by atoms with Crippen LogP contribution in [-0.2, 0) is 11.3 Å². The van der Waals surface area contributed by atoms with Gasteiger partial charge in [-0.2, -0.15) is 5.10 Å². The van der Waals surface area contributed by atoms with E-state index in [1.807, 2.05) is 18.3 Å². The summed E-state index contributed by atoms with van der Waals surface area (Å²) in [6, 6.07) is 3.85. The van der Waals surface area contributed by atoms with E-state index in [0.717, 1.165) is 23.7 Å². The molecule has 7 heteroatoms. The normalized spacial score (nSPS) is 19.9. The topological polar surface area (TPSA) is 69.2 Å². The molecule has 1 fully saturated rings. The van der Waals surface area contributed by atoms with Gasteiger partial charge in [0, 0.05) is 23.5 Å². The molecule has 0 radical (unpaired) electrons. The summed E-state index contributed by atoms with van der Waals surface area (Å²) in [5.41, 5.74) is 2.12. The number of hydrogen-bond acceptors (Lipinski definition) is 2. The number of aromatic nitrogens is 2. The Kier molecular flexibility index (Phi) is 3.58. The van der Waals surface area contributed by atoms with E-state index in [0.29, 0.717) is 24.0 Å². The van der Waals surface area contributed by atoms with Crippen LogP contribution in [0, 0.1) is 0 Å². The maximum Gasteiger partial charge on any atom is 0.234 e. The second-order valence-corrected chi connectivity index (χ2v) is 6.17. The zero-order valence-electron chi connectivity index (χ0n) is 10.2. The summed E-state index contributed by atoms with van der Waals surface area (Å²) in [5, 5.41) is 8.78. The number of benzene rings is 1. The molecule has 2 aromatic rings. The van der Waals surface area contributed by atoms with Crippen LogP contribution in [0.1, 0.15) is 24.3 Å². The molecule has 1 saturated heterocycles. The summed E-state index contributed by atoms with van der Waals surface area (Å²) >= 11 is 4.27. The van der Waals surface area contributed by atoms with Crippen molar-refractivity contribution in [1.82, 2.24) is 14.5 Å². The van der Waals surface area contributed by atoms with Gasteiger partial charge in [-0.25, -0.2) is 8.51 Å². The van der Waals surface area contributed by atoms with Gasteiger partial charge in [0.15, 0.2) is 0 Å². The second kappa shape index (κ2) is 5.20. The highest BCUT2D eigenvalue weighted by Crippen LogP contribution is 2.34. The van der Waals surface area contributed by atoms with E-state index >= 15 is 0 Å². The highest BCUT2D eigenvalue weighted by atomic mass is 35.5. The molecule has 0 spiro atoms. The monoisotopic (exact) mass is 299 g/mol. The molecule has 2 heterocycles. The van der Waals surface area contributed by atoms with Gasteiger partial charge >= 0.3 is 0 Å². The van der Waals surface area contributed by atoms with Crippen LogP contribution in [0.15, 0.2) is 18.3 Å². The number of nitrogens with zero attached hydrogens (tertiary/aromatic N) is 2. The Labute approximate surface area is 118 Å². The lowest BCUT2D eigenvalue weighted by Gasteiger charge is -2.29. The predicted molar refractivity (Wildman–Crippen MR) is 75.4 cm³/mol. The molecule has 3 rings (SSSR count). The standard InChI is InChI=1S/C12H14ClN3O2S/c13-9-5-10(11-7-14-15-12(11)6-9)8-1-3-16(4-2-8)19(17)18/h5-8H,1-4H2,(H,14,15)(H,17,18). The fourth-order valence-corrected chi connectivity index (χ4v) is 3.45. The van der Waals surface area contributed by atoms with Gasteiger partial charge in [0.1, 0.15) is 0 Å². The summed E-state index contributed by atoms with van der Waals surface area (Å²) in [7, 11) is 0. The van der Waals surface area contributed by atoms with Crippen LogP contribution in [0.4, 0.5) is 0 Å². The van der Waals surface area contributed by atoms with Gasteiger partial charge in [-0.1, -0.05) is 11.6 Å². The Morgan fingerprint density at radius 1 is 1.42 bits per heavy atom. The van der Waals surface area contributed by atoms with Crippen molar-refractivity contribution < 1.29 is 8.76 Å². The van der Waals surface area contributed by atoms with E-state index in [-0.39, 0.29) is 0 Å². The number of piperidine rings is 1. The highest BCUT2D eigenvalue weighted by molar-refractivity contribution is 7.76. The van der Waals surface area contributed by atoms with Crippen LogP contribution in [0.5, 0.6) is 0 Å². The quantitative estimate of drug-likeness (QED) is 0.837. The van der Waals surface area contributed by atoms with Crippen molar-refractivity contribution in [3.05, 3.63) is 28.9 Å².